The second kappa shape index (κ2) is 8.18. The van der Waals surface area contributed by atoms with E-state index in [0.717, 1.165) is 11.3 Å². The second-order valence-corrected chi connectivity index (χ2v) is 7.85. The Kier molecular flexibility index (Phi) is 5.18. The van der Waals surface area contributed by atoms with Gasteiger partial charge in [-0.3, -0.25) is 0 Å². The third-order valence-corrected chi connectivity index (χ3v) is 5.29. The SMILES string of the molecule is Cc1cc(-c2cc(C(=O)OCc3nnc(-c4ccc(Cl)cc4)o3)c3c(C)noc3n2)c(C)o1. The Morgan fingerprint density at radius 3 is 2.58 bits per heavy atom. The molecule has 0 spiro atoms. The van der Waals surface area contributed by atoms with Gasteiger partial charge in [0.25, 0.3) is 11.6 Å². The second-order valence-electron chi connectivity index (χ2n) is 7.41. The van der Waals surface area contributed by atoms with Crippen LogP contribution in [0.25, 0.3) is 33.8 Å². The van der Waals surface area contributed by atoms with Gasteiger partial charge in [-0.1, -0.05) is 16.8 Å². The van der Waals surface area contributed by atoms with E-state index in [0.29, 0.717) is 39.0 Å². The third kappa shape index (κ3) is 3.98. The lowest BCUT2D eigenvalue weighted by Crippen LogP contribution is -2.07. The molecule has 4 aromatic heterocycles. The summed E-state index contributed by atoms with van der Waals surface area (Å²) in [6.45, 7) is 5.19. The van der Waals surface area contributed by atoms with Crippen LogP contribution in [-0.2, 0) is 11.3 Å². The molecule has 0 unspecified atom stereocenters. The van der Waals surface area contributed by atoms with Gasteiger partial charge < -0.3 is 18.1 Å². The van der Waals surface area contributed by atoms with Crippen molar-refractivity contribution in [1.29, 1.82) is 0 Å². The number of carbonyl (C=O) groups excluding carboxylic acids is 1. The van der Waals surface area contributed by atoms with Crippen molar-refractivity contribution in [3.63, 3.8) is 0 Å². The maximum absolute atomic E-state index is 13.0. The van der Waals surface area contributed by atoms with E-state index >= 15 is 0 Å². The number of aryl methyl sites for hydroxylation is 3. The maximum Gasteiger partial charge on any atom is 0.339 e. The minimum absolute atomic E-state index is 0.155. The van der Waals surface area contributed by atoms with Crippen LogP contribution in [-0.4, -0.2) is 26.3 Å². The van der Waals surface area contributed by atoms with Gasteiger partial charge in [0.2, 0.25) is 5.89 Å². The van der Waals surface area contributed by atoms with Gasteiger partial charge in [0, 0.05) is 16.1 Å². The first-order chi connectivity index (χ1) is 15.9. The molecule has 9 nitrogen and oxygen atoms in total. The molecule has 33 heavy (non-hydrogen) atoms. The summed E-state index contributed by atoms with van der Waals surface area (Å²) < 4.78 is 22.0. The highest BCUT2D eigenvalue weighted by Gasteiger charge is 2.22. The number of carbonyl (C=O) groups is 1. The number of fused-ring (bicyclic) bond motifs is 1. The van der Waals surface area contributed by atoms with Crippen LogP contribution in [0, 0.1) is 20.8 Å². The molecule has 0 fully saturated rings. The number of halogens is 1. The van der Waals surface area contributed by atoms with E-state index in [9.17, 15) is 4.79 Å². The number of hydrogen-bond acceptors (Lipinski definition) is 9. The highest BCUT2D eigenvalue weighted by molar-refractivity contribution is 6.30. The van der Waals surface area contributed by atoms with E-state index in [2.05, 4.69) is 20.3 Å². The molecule has 0 aliphatic heterocycles. The largest absolute Gasteiger partial charge is 0.466 e. The summed E-state index contributed by atoms with van der Waals surface area (Å²) in [4.78, 5) is 17.5. The molecule has 5 rings (SSSR count). The highest BCUT2D eigenvalue weighted by Crippen LogP contribution is 2.31. The standard InChI is InChI=1S/C23H17ClN4O5/c1-11-8-16(13(3)31-11)18-9-17(20-12(2)28-33-22(20)25-18)23(29)30-10-19-26-27-21(32-19)14-4-6-15(24)7-5-14/h4-9H,10H2,1-3H3. The lowest BCUT2D eigenvalue weighted by Gasteiger charge is -2.06. The Bertz CT molecular complexity index is 1480. The summed E-state index contributed by atoms with van der Waals surface area (Å²) in [6, 6.07) is 10.4. The fraction of sp³-hybridized carbons (Fsp3) is 0.174. The van der Waals surface area contributed by atoms with Crippen LogP contribution in [0.4, 0.5) is 0 Å². The maximum atomic E-state index is 13.0. The summed E-state index contributed by atoms with van der Waals surface area (Å²) >= 11 is 5.91. The van der Waals surface area contributed by atoms with Gasteiger partial charge in [-0.15, -0.1) is 10.2 Å². The highest BCUT2D eigenvalue weighted by atomic mass is 35.5. The molecular weight excluding hydrogens is 448 g/mol. The third-order valence-electron chi connectivity index (χ3n) is 5.04. The molecule has 0 N–H and O–H groups in total. The number of esters is 1. The molecule has 0 saturated carbocycles. The van der Waals surface area contributed by atoms with Crippen LogP contribution in [0.5, 0.6) is 0 Å². The average Bonchev–Trinajstić information content (AvgIpc) is 3.51. The minimum atomic E-state index is -0.598. The lowest BCUT2D eigenvalue weighted by atomic mass is 10.1. The number of pyridine rings is 1. The van der Waals surface area contributed by atoms with Crippen LogP contribution in [0.2, 0.25) is 5.02 Å². The molecule has 0 bridgehead atoms. The van der Waals surface area contributed by atoms with Crippen LogP contribution < -0.4 is 0 Å². The molecule has 0 aliphatic rings. The van der Waals surface area contributed by atoms with Crippen molar-refractivity contribution in [3.8, 4) is 22.7 Å². The van der Waals surface area contributed by atoms with Crippen LogP contribution >= 0.6 is 11.6 Å². The zero-order valence-electron chi connectivity index (χ0n) is 17.9. The molecule has 1 aromatic carbocycles. The summed E-state index contributed by atoms with van der Waals surface area (Å²) in [6.07, 6.45) is 0. The van der Waals surface area contributed by atoms with E-state index in [1.54, 1.807) is 37.3 Å². The van der Waals surface area contributed by atoms with Crippen molar-refractivity contribution in [1.82, 2.24) is 20.3 Å². The van der Waals surface area contributed by atoms with Crippen molar-refractivity contribution in [2.24, 2.45) is 0 Å². The van der Waals surface area contributed by atoms with Crippen LogP contribution in [0.3, 0.4) is 0 Å². The van der Waals surface area contributed by atoms with Gasteiger partial charge in [0.15, 0.2) is 6.61 Å². The van der Waals surface area contributed by atoms with Crippen molar-refractivity contribution in [3.05, 3.63) is 70.1 Å². The number of benzene rings is 1. The van der Waals surface area contributed by atoms with Crippen LogP contribution in [0.1, 0.15) is 33.5 Å². The zero-order chi connectivity index (χ0) is 23.1. The van der Waals surface area contributed by atoms with Crippen LogP contribution in [0.15, 0.2) is 49.8 Å². The summed E-state index contributed by atoms with van der Waals surface area (Å²) in [5.41, 5.74) is 3.00. The Labute approximate surface area is 192 Å². The smallest absolute Gasteiger partial charge is 0.339 e. The van der Waals surface area contributed by atoms with Gasteiger partial charge in [-0.05, 0) is 57.2 Å². The predicted octanol–water partition coefficient (Wildman–Crippen LogP) is 5.47. The summed E-state index contributed by atoms with van der Waals surface area (Å²) in [5, 5.41) is 13.0. The molecule has 166 valence electrons. The van der Waals surface area contributed by atoms with Crippen molar-refractivity contribution >= 4 is 28.7 Å². The molecule has 0 saturated heterocycles. The molecule has 0 aliphatic carbocycles. The van der Waals surface area contributed by atoms with Gasteiger partial charge in [-0.2, -0.15) is 0 Å². The quantitative estimate of drug-likeness (QED) is 0.312. The molecule has 10 heteroatoms. The zero-order valence-corrected chi connectivity index (χ0v) is 18.6. The predicted molar refractivity (Wildman–Crippen MR) is 118 cm³/mol. The van der Waals surface area contributed by atoms with Crippen molar-refractivity contribution in [2.75, 3.05) is 0 Å². The van der Waals surface area contributed by atoms with Gasteiger partial charge in [-0.25, -0.2) is 9.78 Å². The van der Waals surface area contributed by atoms with E-state index in [1.165, 1.54) is 0 Å². The van der Waals surface area contributed by atoms with Gasteiger partial charge in [0.1, 0.15) is 11.5 Å². The van der Waals surface area contributed by atoms with Crippen molar-refractivity contribution < 1.29 is 22.9 Å². The fourth-order valence-electron chi connectivity index (χ4n) is 3.50. The Balaban J connectivity index is 1.42. The normalized spacial score (nSPS) is 11.3. The Morgan fingerprint density at radius 1 is 1.06 bits per heavy atom. The first-order valence-electron chi connectivity index (χ1n) is 9.99. The number of rotatable bonds is 5. The molecule has 5 aromatic rings. The number of hydrogen-bond donors (Lipinski definition) is 0. The van der Waals surface area contributed by atoms with Gasteiger partial charge in [0.05, 0.1) is 22.3 Å². The molecule has 0 atom stereocenters. The molecule has 4 heterocycles. The molecule has 0 amide bonds. The average molecular weight is 465 g/mol. The summed E-state index contributed by atoms with van der Waals surface area (Å²) in [7, 11) is 0. The number of ether oxygens (including phenoxy) is 1. The van der Waals surface area contributed by atoms with E-state index in [-0.39, 0.29) is 23.8 Å². The molecular formula is C23H17ClN4O5. The minimum Gasteiger partial charge on any atom is -0.466 e. The Hall–Kier alpha value is -3.98. The molecule has 0 radical (unpaired) electrons. The number of nitrogens with zero attached hydrogens (tertiary/aromatic N) is 4. The topological polar surface area (TPSA) is 117 Å². The first kappa shape index (κ1) is 20.9. The van der Waals surface area contributed by atoms with E-state index in [4.69, 9.17) is 29.7 Å². The van der Waals surface area contributed by atoms with Gasteiger partial charge >= 0.3 is 5.97 Å². The van der Waals surface area contributed by atoms with E-state index < -0.39 is 5.97 Å². The first-order valence-corrected chi connectivity index (χ1v) is 10.4. The van der Waals surface area contributed by atoms with Crippen molar-refractivity contribution in [2.45, 2.75) is 27.4 Å². The number of aromatic nitrogens is 4. The fourth-order valence-corrected chi connectivity index (χ4v) is 3.63. The Morgan fingerprint density at radius 2 is 1.85 bits per heavy atom. The lowest BCUT2D eigenvalue weighted by molar-refractivity contribution is 0.0441. The number of furan rings is 1. The van der Waals surface area contributed by atoms with E-state index in [1.807, 2.05) is 19.9 Å². The summed E-state index contributed by atoms with van der Waals surface area (Å²) in [5.74, 6) is 1.26. The monoisotopic (exact) mass is 464 g/mol.